The molecule has 3 heteroatoms. The predicted molar refractivity (Wildman–Crippen MR) is 71.2 cm³/mol. The van der Waals surface area contributed by atoms with Crippen molar-refractivity contribution in [2.75, 3.05) is 20.2 Å². The van der Waals surface area contributed by atoms with Crippen LogP contribution in [0.15, 0.2) is 24.3 Å². The second-order valence-corrected chi connectivity index (χ2v) is 5.30. The second kappa shape index (κ2) is 5.41. The Labute approximate surface area is 109 Å². The summed E-state index contributed by atoms with van der Waals surface area (Å²) in [6, 6.07) is 10.7. The molecule has 1 fully saturated rings. The first-order valence-electron chi connectivity index (χ1n) is 6.42. The third kappa shape index (κ3) is 3.02. The van der Waals surface area contributed by atoms with Gasteiger partial charge in [0.15, 0.2) is 0 Å². The molecule has 1 aliphatic heterocycles. The number of rotatable bonds is 3. The average molecular weight is 244 g/mol. The second-order valence-electron chi connectivity index (χ2n) is 5.30. The molecule has 0 saturated carbocycles. The van der Waals surface area contributed by atoms with Crippen molar-refractivity contribution in [1.29, 1.82) is 5.26 Å². The molecule has 1 heterocycles. The monoisotopic (exact) mass is 244 g/mol. The normalized spacial score (nSPS) is 19.2. The highest BCUT2D eigenvalue weighted by atomic mass is 16.5. The molecule has 2 rings (SSSR count). The van der Waals surface area contributed by atoms with Crippen molar-refractivity contribution >= 4 is 0 Å². The van der Waals surface area contributed by atoms with Crippen molar-refractivity contribution < 1.29 is 4.74 Å². The summed E-state index contributed by atoms with van der Waals surface area (Å²) in [6.45, 7) is 5.05. The van der Waals surface area contributed by atoms with Gasteiger partial charge < -0.3 is 4.74 Å². The van der Waals surface area contributed by atoms with Crippen molar-refractivity contribution in [1.82, 2.24) is 4.90 Å². The number of hydrogen-bond donors (Lipinski definition) is 0. The molecule has 96 valence electrons. The average Bonchev–Trinajstić information content (AvgIpc) is 2.42. The molecule has 0 unspecified atom stereocenters. The van der Waals surface area contributed by atoms with Crippen LogP contribution in [0.2, 0.25) is 0 Å². The fourth-order valence-corrected chi connectivity index (χ4v) is 2.31. The maximum Gasteiger partial charge on any atom is 0.118 e. The molecular formula is C15H20N2O. The van der Waals surface area contributed by atoms with E-state index in [1.807, 2.05) is 12.1 Å². The van der Waals surface area contributed by atoms with Crippen LogP contribution in [0.4, 0.5) is 0 Å². The lowest BCUT2D eigenvalue weighted by Gasteiger charge is -2.34. The minimum atomic E-state index is -0.115. The largest absolute Gasteiger partial charge is 0.497 e. The molecule has 0 bridgehead atoms. The van der Waals surface area contributed by atoms with E-state index >= 15 is 0 Å². The highest BCUT2D eigenvalue weighted by Gasteiger charge is 2.29. The van der Waals surface area contributed by atoms with Gasteiger partial charge in [-0.1, -0.05) is 12.1 Å². The third-order valence-corrected chi connectivity index (χ3v) is 3.79. The van der Waals surface area contributed by atoms with Crippen molar-refractivity contribution in [3.63, 3.8) is 0 Å². The Hall–Kier alpha value is -1.53. The van der Waals surface area contributed by atoms with Gasteiger partial charge in [-0.25, -0.2) is 0 Å². The van der Waals surface area contributed by atoms with Gasteiger partial charge in [-0.2, -0.15) is 5.26 Å². The number of hydrogen-bond acceptors (Lipinski definition) is 3. The van der Waals surface area contributed by atoms with Gasteiger partial charge >= 0.3 is 0 Å². The molecule has 0 atom stereocenters. The highest BCUT2D eigenvalue weighted by Crippen LogP contribution is 2.30. The molecule has 3 nitrogen and oxygen atoms in total. The lowest BCUT2D eigenvalue weighted by atomic mass is 9.82. The quantitative estimate of drug-likeness (QED) is 0.820. The van der Waals surface area contributed by atoms with Crippen LogP contribution in [0.1, 0.15) is 25.3 Å². The Balaban J connectivity index is 1.89. The topological polar surface area (TPSA) is 36.3 Å². The Bertz CT molecular complexity index is 425. The van der Waals surface area contributed by atoms with Crippen molar-refractivity contribution in [3.8, 4) is 11.8 Å². The van der Waals surface area contributed by atoms with Crippen LogP contribution in [-0.2, 0) is 6.54 Å². The maximum absolute atomic E-state index is 9.10. The van der Waals surface area contributed by atoms with Crippen LogP contribution in [0.25, 0.3) is 0 Å². The zero-order valence-electron chi connectivity index (χ0n) is 11.1. The van der Waals surface area contributed by atoms with E-state index < -0.39 is 0 Å². The van der Waals surface area contributed by atoms with E-state index in [0.29, 0.717) is 0 Å². The minimum absolute atomic E-state index is 0.115. The van der Waals surface area contributed by atoms with Crippen LogP contribution in [0, 0.1) is 16.7 Å². The van der Waals surface area contributed by atoms with E-state index in [2.05, 4.69) is 30.0 Å². The van der Waals surface area contributed by atoms with E-state index in [1.54, 1.807) is 7.11 Å². The van der Waals surface area contributed by atoms with Gasteiger partial charge in [-0.15, -0.1) is 0 Å². The summed E-state index contributed by atoms with van der Waals surface area (Å²) in [5.41, 5.74) is 1.19. The fraction of sp³-hybridized carbons (Fsp3) is 0.533. The number of likely N-dealkylation sites (tertiary alicyclic amines) is 1. The lowest BCUT2D eigenvalue weighted by Crippen LogP contribution is -2.37. The molecule has 1 aromatic rings. The van der Waals surface area contributed by atoms with E-state index in [1.165, 1.54) is 5.56 Å². The van der Waals surface area contributed by atoms with E-state index in [-0.39, 0.29) is 5.41 Å². The highest BCUT2D eigenvalue weighted by molar-refractivity contribution is 5.27. The van der Waals surface area contributed by atoms with Gasteiger partial charge in [0.25, 0.3) is 0 Å². The van der Waals surface area contributed by atoms with Gasteiger partial charge in [-0.3, -0.25) is 4.90 Å². The van der Waals surface area contributed by atoms with Crippen molar-refractivity contribution in [3.05, 3.63) is 29.8 Å². The summed E-state index contributed by atoms with van der Waals surface area (Å²) >= 11 is 0. The summed E-state index contributed by atoms with van der Waals surface area (Å²) in [5.74, 6) is 0.898. The minimum Gasteiger partial charge on any atom is -0.497 e. The Morgan fingerprint density at radius 3 is 2.39 bits per heavy atom. The van der Waals surface area contributed by atoms with Crippen molar-refractivity contribution in [2.24, 2.45) is 5.41 Å². The van der Waals surface area contributed by atoms with Gasteiger partial charge in [-0.05, 0) is 50.6 Å². The van der Waals surface area contributed by atoms with Gasteiger partial charge in [0.05, 0.1) is 18.6 Å². The number of ether oxygens (including phenoxy) is 1. The summed E-state index contributed by atoms with van der Waals surface area (Å²) < 4.78 is 5.15. The maximum atomic E-state index is 9.10. The zero-order valence-corrected chi connectivity index (χ0v) is 11.1. The zero-order chi connectivity index (χ0) is 13.0. The summed E-state index contributed by atoms with van der Waals surface area (Å²) in [6.07, 6.45) is 1.94. The number of nitrogens with zero attached hydrogens (tertiary/aromatic N) is 2. The first-order valence-corrected chi connectivity index (χ1v) is 6.42. The number of nitriles is 1. The molecule has 0 N–H and O–H groups in total. The summed E-state index contributed by atoms with van der Waals surface area (Å²) in [4.78, 5) is 2.42. The van der Waals surface area contributed by atoms with Gasteiger partial charge in [0, 0.05) is 6.54 Å². The van der Waals surface area contributed by atoms with Gasteiger partial charge in [0.2, 0.25) is 0 Å². The van der Waals surface area contributed by atoms with Crippen LogP contribution >= 0.6 is 0 Å². The molecular weight excluding hydrogens is 224 g/mol. The number of benzene rings is 1. The summed E-state index contributed by atoms with van der Waals surface area (Å²) in [5, 5.41) is 9.10. The van der Waals surface area contributed by atoms with Crippen LogP contribution < -0.4 is 4.74 Å². The van der Waals surface area contributed by atoms with E-state index in [4.69, 9.17) is 10.00 Å². The molecule has 0 spiro atoms. The number of methoxy groups -OCH3 is 1. The van der Waals surface area contributed by atoms with Crippen molar-refractivity contribution in [2.45, 2.75) is 26.3 Å². The van der Waals surface area contributed by atoms with Crippen LogP contribution in [-0.4, -0.2) is 25.1 Å². The first kappa shape index (κ1) is 12.9. The first-order chi connectivity index (χ1) is 8.65. The lowest BCUT2D eigenvalue weighted by molar-refractivity contribution is 0.150. The van der Waals surface area contributed by atoms with Gasteiger partial charge in [0.1, 0.15) is 5.75 Å². The molecule has 0 amide bonds. The molecule has 18 heavy (non-hydrogen) atoms. The van der Waals surface area contributed by atoms with E-state index in [9.17, 15) is 0 Å². The molecule has 0 radical (unpaired) electrons. The molecule has 1 saturated heterocycles. The Morgan fingerprint density at radius 1 is 1.28 bits per heavy atom. The SMILES string of the molecule is COc1ccc(CN2CCC(C)(C#N)CC2)cc1. The third-order valence-electron chi connectivity index (χ3n) is 3.79. The Morgan fingerprint density at radius 2 is 1.89 bits per heavy atom. The molecule has 0 aliphatic carbocycles. The van der Waals surface area contributed by atoms with Crippen LogP contribution in [0.3, 0.4) is 0 Å². The predicted octanol–water partition coefficient (Wildman–Crippen LogP) is 2.82. The Kier molecular flexibility index (Phi) is 3.88. The molecule has 1 aromatic carbocycles. The molecule has 0 aromatic heterocycles. The van der Waals surface area contributed by atoms with E-state index in [0.717, 1.165) is 38.2 Å². The fourth-order valence-electron chi connectivity index (χ4n) is 2.31. The number of piperidine rings is 1. The summed E-state index contributed by atoms with van der Waals surface area (Å²) in [7, 11) is 1.68. The smallest absolute Gasteiger partial charge is 0.118 e. The standard InChI is InChI=1S/C15H20N2O/c1-15(12-16)7-9-17(10-8-15)11-13-3-5-14(18-2)6-4-13/h3-6H,7-11H2,1-2H3. The molecule has 1 aliphatic rings. The van der Waals surface area contributed by atoms with Crippen LogP contribution in [0.5, 0.6) is 5.75 Å².